The van der Waals surface area contributed by atoms with Gasteiger partial charge in [0.25, 0.3) is 0 Å². The minimum atomic E-state index is 0.221. The van der Waals surface area contributed by atoms with E-state index in [0.29, 0.717) is 17.6 Å². The molecule has 0 spiro atoms. The number of Topliss-reactive ketones (excluding diaryl/α,β-unsaturated/α-hetero) is 1. The fourth-order valence-electron chi connectivity index (χ4n) is 3.37. The summed E-state index contributed by atoms with van der Waals surface area (Å²) < 4.78 is 0. The lowest BCUT2D eigenvalue weighted by molar-refractivity contribution is -0.121. The van der Waals surface area contributed by atoms with Gasteiger partial charge in [0.15, 0.2) is 0 Å². The smallest absolute Gasteiger partial charge is 0.213 e. The van der Waals surface area contributed by atoms with Crippen LogP contribution in [-0.4, -0.2) is 24.1 Å². The van der Waals surface area contributed by atoms with Gasteiger partial charge in [0, 0.05) is 24.6 Å². The molecule has 0 heterocycles. The van der Waals surface area contributed by atoms with Crippen molar-refractivity contribution in [2.45, 2.75) is 46.0 Å². The predicted octanol–water partition coefficient (Wildman–Crippen LogP) is 3.32. The molecule has 3 nitrogen and oxygen atoms in total. The van der Waals surface area contributed by atoms with Gasteiger partial charge < -0.3 is 4.90 Å². The molecule has 110 valence electrons. The lowest BCUT2D eigenvalue weighted by atomic mass is 9.74. The van der Waals surface area contributed by atoms with Crippen LogP contribution >= 0.6 is 0 Å². The number of carbonyl (C=O) groups excluding carboxylic acids is 2. The van der Waals surface area contributed by atoms with Gasteiger partial charge in [0.1, 0.15) is 5.78 Å². The molecule has 0 aromatic heterocycles. The molecule has 1 amide bonds. The summed E-state index contributed by atoms with van der Waals surface area (Å²) >= 11 is 0. The summed E-state index contributed by atoms with van der Waals surface area (Å²) in [5.74, 6) is 1.60. The third-order valence-corrected chi connectivity index (χ3v) is 4.90. The minimum Gasteiger partial charge on any atom is -0.322 e. The Hall–Kier alpha value is -1.38. The van der Waals surface area contributed by atoms with Gasteiger partial charge in [-0.1, -0.05) is 24.6 Å². The zero-order valence-electron chi connectivity index (χ0n) is 12.8. The maximum atomic E-state index is 11.4. The van der Waals surface area contributed by atoms with E-state index in [4.69, 9.17) is 0 Å². The monoisotopic (exact) mass is 275 g/mol. The SMILES string of the molecule is CC(=O)C1CC=C(C2C=C(N(C)C=O)CCC2C)CC1. The Bertz CT molecular complexity index is 450. The van der Waals surface area contributed by atoms with Crippen molar-refractivity contribution in [3.8, 4) is 0 Å². The highest BCUT2D eigenvalue weighted by Gasteiger charge is 2.28. The number of carbonyl (C=O) groups is 2. The molecule has 0 saturated carbocycles. The Balaban J connectivity index is 2.14. The van der Waals surface area contributed by atoms with E-state index in [2.05, 4.69) is 19.1 Å². The number of rotatable bonds is 4. The quantitative estimate of drug-likeness (QED) is 0.583. The summed E-state index contributed by atoms with van der Waals surface area (Å²) in [6.45, 7) is 3.99. The first-order valence-electron chi connectivity index (χ1n) is 7.61. The molecule has 0 N–H and O–H groups in total. The summed E-state index contributed by atoms with van der Waals surface area (Å²) in [4.78, 5) is 24.1. The normalized spacial score (nSPS) is 30.2. The Kier molecular flexibility index (Phi) is 4.79. The molecule has 20 heavy (non-hydrogen) atoms. The molecule has 0 bridgehead atoms. The molecule has 0 aromatic carbocycles. The Labute approximate surface area is 121 Å². The van der Waals surface area contributed by atoms with Crippen molar-refractivity contribution >= 4 is 12.2 Å². The number of hydrogen-bond donors (Lipinski definition) is 0. The Morgan fingerprint density at radius 3 is 2.65 bits per heavy atom. The zero-order chi connectivity index (χ0) is 14.7. The molecule has 2 aliphatic carbocycles. The van der Waals surface area contributed by atoms with Crippen molar-refractivity contribution in [3.05, 3.63) is 23.4 Å². The number of amides is 1. The summed E-state index contributed by atoms with van der Waals surface area (Å²) in [7, 11) is 1.83. The van der Waals surface area contributed by atoms with E-state index in [-0.39, 0.29) is 5.92 Å². The minimum absolute atomic E-state index is 0.221. The predicted molar refractivity (Wildman–Crippen MR) is 79.9 cm³/mol. The van der Waals surface area contributed by atoms with Crippen LogP contribution in [-0.2, 0) is 9.59 Å². The van der Waals surface area contributed by atoms with Crippen molar-refractivity contribution in [2.75, 3.05) is 7.05 Å². The molecular weight excluding hydrogens is 250 g/mol. The van der Waals surface area contributed by atoms with Gasteiger partial charge in [0.2, 0.25) is 6.41 Å². The Morgan fingerprint density at radius 1 is 1.35 bits per heavy atom. The second-order valence-electron chi connectivity index (χ2n) is 6.28. The molecule has 0 aliphatic heterocycles. The lowest BCUT2D eigenvalue weighted by Crippen LogP contribution is -2.26. The highest BCUT2D eigenvalue weighted by Crippen LogP contribution is 2.38. The van der Waals surface area contributed by atoms with Gasteiger partial charge >= 0.3 is 0 Å². The van der Waals surface area contributed by atoms with Gasteiger partial charge in [-0.25, -0.2) is 0 Å². The molecular formula is C17H25NO2. The Morgan fingerprint density at radius 2 is 2.10 bits per heavy atom. The van der Waals surface area contributed by atoms with Crippen LogP contribution in [0.25, 0.3) is 0 Å². The molecule has 2 aliphatic rings. The second-order valence-corrected chi connectivity index (χ2v) is 6.28. The first kappa shape index (κ1) is 15.0. The van der Waals surface area contributed by atoms with E-state index in [1.54, 1.807) is 11.8 Å². The summed E-state index contributed by atoms with van der Waals surface area (Å²) in [6.07, 6.45) is 10.4. The largest absolute Gasteiger partial charge is 0.322 e. The first-order chi connectivity index (χ1) is 9.52. The maximum absolute atomic E-state index is 11.4. The van der Waals surface area contributed by atoms with Crippen LogP contribution in [0.3, 0.4) is 0 Å². The molecule has 0 aromatic rings. The van der Waals surface area contributed by atoms with E-state index < -0.39 is 0 Å². The van der Waals surface area contributed by atoms with Gasteiger partial charge in [-0.05, 0) is 44.9 Å². The van der Waals surface area contributed by atoms with Crippen LogP contribution in [0.15, 0.2) is 23.4 Å². The fourth-order valence-corrected chi connectivity index (χ4v) is 3.37. The van der Waals surface area contributed by atoms with Crippen molar-refractivity contribution < 1.29 is 9.59 Å². The highest BCUT2D eigenvalue weighted by molar-refractivity contribution is 5.78. The molecule has 3 heteroatoms. The van der Waals surface area contributed by atoms with E-state index in [1.165, 1.54) is 5.57 Å². The van der Waals surface area contributed by atoms with Gasteiger partial charge in [-0.15, -0.1) is 0 Å². The van der Waals surface area contributed by atoms with Crippen LogP contribution in [0.5, 0.6) is 0 Å². The van der Waals surface area contributed by atoms with Gasteiger partial charge in [-0.3, -0.25) is 9.59 Å². The van der Waals surface area contributed by atoms with Gasteiger partial charge in [-0.2, -0.15) is 0 Å². The lowest BCUT2D eigenvalue weighted by Gasteiger charge is -2.33. The standard InChI is InChI=1S/C17H25NO2/c1-12-4-9-16(18(3)11-19)10-17(12)15-7-5-14(6-8-15)13(2)20/h7,10-12,14,17H,4-6,8-9H2,1-3H3. The molecule has 3 atom stereocenters. The van der Waals surface area contributed by atoms with Crippen LogP contribution in [0.2, 0.25) is 0 Å². The third-order valence-electron chi connectivity index (χ3n) is 4.90. The van der Waals surface area contributed by atoms with Crippen LogP contribution in [0.1, 0.15) is 46.0 Å². The van der Waals surface area contributed by atoms with E-state index in [1.807, 2.05) is 7.05 Å². The molecule has 0 radical (unpaired) electrons. The number of hydrogen-bond acceptors (Lipinski definition) is 2. The van der Waals surface area contributed by atoms with Gasteiger partial charge in [0.05, 0.1) is 0 Å². The average Bonchev–Trinajstić information content (AvgIpc) is 2.47. The van der Waals surface area contributed by atoms with E-state index >= 15 is 0 Å². The molecule has 0 fully saturated rings. The maximum Gasteiger partial charge on any atom is 0.213 e. The molecule has 3 unspecified atom stereocenters. The van der Waals surface area contributed by atoms with Crippen molar-refractivity contribution in [2.24, 2.45) is 17.8 Å². The number of nitrogens with zero attached hydrogens (tertiary/aromatic N) is 1. The van der Waals surface area contributed by atoms with Crippen molar-refractivity contribution in [3.63, 3.8) is 0 Å². The highest BCUT2D eigenvalue weighted by atomic mass is 16.1. The molecule has 2 rings (SSSR count). The average molecular weight is 275 g/mol. The van der Waals surface area contributed by atoms with Crippen LogP contribution in [0.4, 0.5) is 0 Å². The van der Waals surface area contributed by atoms with E-state index in [9.17, 15) is 9.59 Å². The number of allylic oxidation sites excluding steroid dienone is 4. The summed E-state index contributed by atoms with van der Waals surface area (Å²) in [5, 5.41) is 0. The fraction of sp³-hybridized carbons (Fsp3) is 0.647. The van der Waals surface area contributed by atoms with Crippen molar-refractivity contribution in [1.29, 1.82) is 0 Å². The topological polar surface area (TPSA) is 37.4 Å². The third kappa shape index (κ3) is 3.20. The molecule has 0 saturated heterocycles. The summed E-state index contributed by atoms with van der Waals surface area (Å²) in [5.41, 5.74) is 2.60. The summed E-state index contributed by atoms with van der Waals surface area (Å²) in [6, 6.07) is 0. The first-order valence-corrected chi connectivity index (χ1v) is 7.61. The van der Waals surface area contributed by atoms with Crippen LogP contribution < -0.4 is 0 Å². The number of ketones is 1. The van der Waals surface area contributed by atoms with E-state index in [0.717, 1.165) is 44.2 Å². The second kappa shape index (κ2) is 6.38. The zero-order valence-corrected chi connectivity index (χ0v) is 12.8. The van der Waals surface area contributed by atoms with Crippen molar-refractivity contribution in [1.82, 2.24) is 4.90 Å². The van der Waals surface area contributed by atoms with Crippen LogP contribution in [0, 0.1) is 17.8 Å².